The SMILES string of the molecule is Cc1ccc2ccn(CC3CCC(C)(C)O3)c2c1. The number of aryl methyl sites for hydroxylation is 1. The van der Waals surface area contributed by atoms with Crippen LogP contribution in [0.3, 0.4) is 0 Å². The summed E-state index contributed by atoms with van der Waals surface area (Å²) in [6, 6.07) is 8.81. The Hall–Kier alpha value is -1.28. The Morgan fingerprint density at radius 1 is 1.33 bits per heavy atom. The van der Waals surface area contributed by atoms with Crippen molar-refractivity contribution in [2.24, 2.45) is 0 Å². The second-order valence-corrected chi connectivity index (χ2v) is 6.07. The van der Waals surface area contributed by atoms with Gasteiger partial charge in [-0.1, -0.05) is 12.1 Å². The molecule has 2 aromatic rings. The number of rotatable bonds is 2. The molecule has 2 heterocycles. The molecule has 0 N–H and O–H groups in total. The molecule has 0 saturated carbocycles. The van der Waals surface area contributed by atoms with E-state index in [1.54, 1.807) is 0 Å². The summed E-state index contributed by atoms with van der Waals surface area (Å²) in [5.41, 5.74) is 2.70. The number of benzene rings is 1. The Morgan fingerprint density at radius 2 is 2.17 bits per heavy atom. The largest absolute Gasteiger partial charge is 0.370 e. The lowest BCUT2D eigenvalue weighted by atomic mass is 10.1. The molecule has 1 unspecified atom stereocenters. The molecule has 18 heavy (non-hydrogen) atoms. The van der Waals surface area contributed by atoms with Gasteiger partial charge in [-0.25, -0.2) is 0 Å². The van der Waals surface area contributed by atoms with Crippen molar-refractivity contribution in [2.45, 2.75) is 51.9 Å². The molecule has 1 aromatic carbocycles. The summed E-state index contributed by atoms with van der Waals surface area (Å²) in [6.45, 7) is 7.48. The Kier molecular flexibility index (Phi) is 2.70. The first-order valence-corrected chi connectivity index (χ1v) is 6.77. The summed E-state index contributed by atoms with van der Waals surface area (Å²) in [5, 5.41) is 1.32. The Labute approximate surface area is 109 Å². The van der Waals surface area contributed by atoms with Crippen molar-refractivity contribution in [3.8, 4) is 0 Å². The van der Waals surface area contributed by atoms with Gasteiger partial charge in [-0.05, 0) is 56.7 Å². The highest BCUT2D eigenvalue weighted by atomic mass is 16.5. The van der Waals surface area contributed by atoms with Gasteiger partial charge in [0.15, 0.2) is 0 Å². The number of aromatic nitrogens is 1. The maximum absolute atomic E-state index is 6.08. The summed E-state index contributed by atoms with van der Waals surface area (Å²) in [7, 11) is 0. The first-order chi connectivity index (χ1) is 8.53. The summed E-state index contributed by atoms with van der Waals surface area (Å²) in [5.74, 6) is 0. The van der Waals surface area contributed by atoms with E-state index in [1.165, 1.54) is 22.9 Å². The molecule has 0 spiro atoms. The fraction of sp³-hybridized carbons (Fsp3) is 0.500. The van der Waals surface area contributed by atoms with Crippen LogP contribution in [0, 0.1) is 6.92 Å². The standard InChI is InChI=1S/C16H21NO/c1-12-4-5-13-7-9-17(15(13)10-12)11-14-6-8-16(2,3)18-14/h4-5,7,9-10,14H,6,8,11H2,1-3H3. The molecule has 1 fully saturated rings. The predicted octanol–water partition coefficient (Wildman–Crippen LogP) is 3.91. The van der Waals surface area contributed by atoms with Crippen molar-refractivity contribution in [3.63, 3.8) is 0 Å². The van der Waals surface area contributed by atoms with Gasteiger partial charge < -0.3 is 9.30 Å². The lowest BCUT2D eigenvalue weighted by molar-refractivity contribution is -0.0212. The fourth-order valence-corrected chi connectivity index (χ4v) is 2.88. The molecule has 1 aromatic heterocycles. The van der Waals surface area contributed by atoms with Crippen LogP contribution in [0.15, 0.2) is 30.5 Å². The third-order valence-corrected chi connectivity index (χ3v) is 3.88. The zero-order chi connectivity index (χ0) is 12.8. The molecule has 0 aliphatic carbocycles. The molecule has 3 rings (SSSR count). The molecule has 96 valence electrons. The van der Waals surface area contributed by atoms with Crippen LogP contribution in [0.2, 0.25) is 0 Å². The number of nitrogens with zero attached hydrogens (tertiary/aromatic N) is 1. The van der Waals surface area contributed by atoms with E-state index in [-0.39, 0.29) is 5.60 Å². The lowest BCUT2D eigenvalue weighted by Gasteiger charge is -2.20. The van der Waals surface area contributed by atoms with Crippen LogP contribution in [0.5, 0.6) is 0 Å². The van der Waals surface area contributed by atoms with E-state index in [4.69, 9.17) is 4.74 Å². The highest BCUT2D eigenvalue weighted by Gasteiger charge is 2.31. The molecular formula is C16H21NO. The first kappa shape index (κ1) is 11.8. The van der Waals surface area contributed by atoms with Gasteiger partial charge in [0.2, 0.25) is 0 Å². The van der Waals surface area contributed by atoms with Gasteiger partial charge in [0.1, 0.15) is 0 Å². The van der Waals surface area contributed by atoms with Gasteiger partial charge in [0, 0.05) is 18.3 Å². The zero-order valence-electron chi connectivity index (χ0n) is 11.4. The minimum atomic E-state index is 0.0591. The van der Waals surface area contributed by atoms with Crippen LogP contribution in [0.4, 0.5) is 0 Å². The monoisotopic (exact) mass is 243 g/mol. The van der Waals surface area contributed by atoms with Gasteiger partial charge in [-0.3, -0.25) is 0 Å². The van der Waals surface area contributed by atoms with Crippen molar-refractivity contribution in [1.82, 2.24) is 4.57 Å². The second kappa shape index (κ2) is 4.13. The summed E-state index contributed by atoms with van der Waals surface area (Å²) in [4.78, 5) is 0. The average molecular weight is 243 g/mol. The summed E-state index contributed by atoms with van der Waals surface area (Å²) < 4.78 is 8.41. The van der Waals surface area contributed by atoms with E-state index < -0.39 is 0 Å². The van der Waals surface area contributed by atoms with Crippen molar-refractivity contribution in [3.05, 3.63) is 36.0 Å². The third kappa shape index (κ3) is 2.17. The average Bonchev–Trinajstić information content (AvgIpc) is 2.84. The first-order valence-electron chi connectivity index (χ1n) is 6.77. The molecular weight excluding hydrogens is 222 g/mol. The molecule has 1 atom stereocenters. The van der Waals surface area contributed by atoms with Crippen LogP contribution in [0.1, 0.15) is 32.3 Å². The normalized spacial score (nSPS) is 22.7. The maximum atomic E-state index is 6.08. The van der Waals surface area contributed by atoms with Gasteiger partial charge in [-0.15, -0.1) is 0 Å². The van der Waals surface area contributed by atoms with Crippen molar-refractivity contribution < 1.29 is 4.74 Å². The van der Waals surface area contributed by atoms with Gasteiger partial charge >= 0.3 is 0 Å². The van der Waals surface area contributed by atoms with E-state index in [2.05, 4.69) is 55.8 Å². The zero-order valence-corrected chi connectivity index (χ0v) is 11.4. The number of hydrogen-bond acceptors (Lipinski definition) is 1. The summed E-state index contributed by atoms with van der Waals surface area (Å²) in [6.07, 6.45) is 4.86. The van der Waals surface area contributed by atoms with Crippen LogP contribution in [0.25, 0.3) is 10.9 Å². The minimum Gasteiger partial charge on any atom is -0.370 e. The highest BCUT2D eigenvalue weighted by molar-refractivity contribution is 5.80. The molecule has 2 heteroatoms. The fourth-order valence-electron chi connectivity index (χ4n) is 2.88. The van der Waals surface area contributed by atoms with Gasteiger partial charge in [0.25, 0.3) is 0 Å². The Bertz CT molecular complexity index is 567. The molecule has 2 nitrogen and oxygen atoms in total. The molecule has 1 aliphatic heterocycles. The maximum Gasteiger partial charge on any atom is 0.0762 e. The van der Waals surface area contributed by atoms with Crippen LogP contribution in [-0.4, -0.2) is 16.3 Å². The van der Waals surface area contributed by atoms with E-state index >= 15 is 0 Å². The highest BCUT2D eigenvalue weighted by Crippen LogP contribution is 2.31. The van der Waals surface area contributed by atoms with Crippen molar-refractivity contribution >= 4 is 10.9 Å². The van der Waals surface area contributed by atoms with Crippen LogP contribution < -0.4 is 0 Å². The van der Waals surface area contributed by atoms with Gasteiger partial charge in [-0.2, -0.15) is 0 Å². The third-order valence-electron chi connectivity index (χ3n) is 3.88. The van der Waals surface area contributed by atoms with E-state index in [0.29, 0.717) is 6.10 Å². The van der Waals surface area contributed by atoms with Crippen molar-refractivity contribution in [2.75, 3.05) is 0 Å². The molecule has 0 radical (unpaired) electrons. The smallest absolute Gasteiger partial charge is 0.0762 e. The Balaban J connectivity index is 1.85. The second-order valence-electron chi connectivity index (χ2n) is 6.07. The Morgan fingerprint density at radius 3 is 2.89 bits per heavy atom. The predicted molar refractivity (Wildman–Crippen MR) is 74.9 cm³/mol. The van der Waals surface area contributed by atoms with Gasteiger partial charge in [0.05, 0.1) is 11.7 Å². The molecule has 0 amide bonds. The number of fused-ring (bicyclic) bond motifs is 1. The lowest BCUT2D eigenvalue weighted by Crippen LogP contribution is -2.22. The van der Waals surface area contributed by atoms with Crippen molar-refractivity contribution in [1.29, 1.82) is 0 Å². The topological polar surface area (TPSA) is 14.2 Å². The van der Waals surface area contributed by atoms with E-state index in [0.717, 1.165) is 13.0 Å². The molecule has 1 saturated heterocycles. The quantitative estimate of drug-likeness (QED) is 0.780. The summed E-state index contributed by atoms with van der Waals surface area (Å²) >= 11 is 0. The molecule has 1 aliphatic rings. The van der Waals surface area contributed by atoms with Crippen LogP contribution in [-0.2, 0) is 11.3 Å². The van der Waals surface area contributed by atoms with E-state index in [9.17, 15) is 0 Å². The van der Waals surface area contributed by atoms with Crippen LogP contribution >= 0.6 is 0 Å². The number of hydrogen-bond donors (Lipinski definition) is 0. The number of ether oxygens (including phenoxy) is 1. The molecule has 0 bridgehead atoms. The van der Waals surface area contributed by atoms with E-state index in [1.807, 2.05) is 0 Å². The minimum absolute atomic E-state index is 0.0591.